The van der Waals surface area contributed by atoms with Crippen molar-refractivity contribution in [2.75, 3.05) is 26.9 Å². The van der Waals surface area contributed by atoms with Gasteiger partial charge in [0.2, 0.25) is 0 Å². The Morgan fingerprint density at radius 2 is 2.09 bits per heavy atom. The van der Waals surface area contributed by atoms with E-state index < -0.39 is 5.03 Å². The fourth-order valence-corrected chi connectivity index (χ4v) is 2.69. The molecule has 0 aliphatic carbocycles. The van der Waals surface area contributed by atoms with Gasteiger partial charge in [-0.1, -0.05) is 31.5 Å². The summed E-state index contributed by atoms with van der Waals surface area (Å²) in [5.74, 6) is 0.759. The van der Waals surface area contributed by atoms with Gasteiger partial charge in [-0.05, 0) is 24.6 Å². The van der Waals surface area contributed by atoms with Crippen LogP contribution >= 0.6 is 11.6 Å². The van der Waals surface area contributed by atoms with Crippen molar-refractivity contribution < 1.29 is 5.03 Å². The summed E-state index contributed by atoms with van der Waals surface area (Å²) < 4.78 is 0. The number of hydrazone groups is 1. The zero-order valence-corrected chi connectivity index (χ0v) is 14.3. The van der Waals surface area contributed by atoms with Crippen LogP contribution in [0.5, 0.6) is 0 Å². The Bertz CT molecular complexity index is 575. The third kappa shape index (κ3) is 5.04. The Hall–Kier alpha value is -1.93. The van der Waals surface area contributed by atoms with Crippen molar-refractivity contribution in [3.8, 4) is 0 Å². The van der Waals surface area contributed by atoms with Gasteiger partial charge in [0.15, 0.2) is 5.03 Å². The largest absolute Gasteiger partial charge is 0.324 e. The molecular weight excluding hydrogens is 320 g/mol. The van der Waals surface area contributed by atoms with Crippen LogP contribution in [0.4, 0.5) is 0 Å². The Kier molecular flexibility index (Phi) is 5.73. The van der Waals surface area contributed by atoms with Crippen molar-refractivity contribution >= 4 is 17.6 Å². The molecule has 0 radical (unpaired) electrons. The van der Waals surface area contributed by atoms with Crippen molar-refractivity contribution in [2.24, 2.45) is 11.0 Å². The fourth-order valence-electron chi connectivity index (χ4n) is 2.57. The normalized spacial score (nSPS) is 18.0. The number of aromatic nitrogens is 1. The van der Waals surface area contributed by atoms with Gasteiger partial charge in [0.1, 0.15) is 10.3 Å². The second-order valence-electron chi connectivity index (χ2n) is 6.08. The van der Waals surface area contributed by atoms with Gasteiger partial charge in [0, 0.05) is 19.3 Å². The molecule has 0 unspecified atom stereocenters. The highest BCUT2D eigenvalue weighted by Gasteiger charge is 2.30. The van der Waals surface area contributed by atoms with Crippen LogP contribution in [0.15, 0.2) is 23.4 Å². The van der Waals surface area contributed by atoms with Crippen LogP contribution in [0.2, 0.25) is 5.15 Å². The minimum Gasteiger partial charge on any atom is -0.324 e. The number of nitrogens with zero attached hydrogens (tertiary/aromatic N) is 6. The van der Waals surface area contributed by atoms with Crippen molar-refractivity contribution in [2.45, 2.75) is 20.4 Å². The quantitative estimate of drug-likeness (QED) is 0.463. The van der Waals surface area contributed by atoms with Crippen LogP contribution in [0.25, 0.3) is 0 Å². The van der Waals surface area contributed by atoms with Gasteiger partial charge >= 0.3 is 0 Å². The van der Waals surface area contributed by atoms with Crippen LogP contribution in [0, 0.1) is 16.0 Å². The molecule has 0 saturated carbocycles. The van der Waals surface area contributed by atoms with Gasteiger partial charge in [-0.15, -0.1) is 0 Å². The monoisotopic (exact) mass is 340 g/mol. The van der Waals surface area contributed by atoms with E-state index >= 15 is 0 Å². The molecule has 0 aromatic carbocycles. The Balaban J connectivity index is 2.25. The SMILES string of the molecule is CC(C)CN1CN(C)CN(Cc2ccc(Cl)nc2)/C1=N/[N+](=O)[O-]. The van der Waals surface area contributed by atoms with E-state index in [1.807, 2.05) is 22.9 Å². The van der Waals surface area contributed by atoms with Gasteiger partial charge in [-0.3, -0.25) is 4.90 Å². The first-order valence-corrected chi connectivity index (χ1v) is 7.75. The molecule has 0 atom stereocenters. The number of pyridine rings is 1. The summed E-state index contributed by atoms with van der Waals surface area (Å²) in [4.78, 5) is 20.9. The molecule has 2 rings (SSSR count). The van der Waals surface area contributed by atoms with E-state index in [0.29, 0.717) is 43.5 Å². The molecule has 1 fully saturated rings. The minimum atomic E-state index is -0.638. The highest BCUT2D eigenvalue weighted by atomic mass is 35.5. The third-order valence-corrected chi connectivity index (χ3v) is 3.53. The maximum absolute atomic E-state index is 10.9. The molecular formula is C14H21ClN6O2. The molecule has 0 N–H and O–H groups in total. The van der Waals surface area contributed by atoms with E-state index in [0.717, 1.165) is 5.56 Å². The second-order valence-corrected chi connectivity index (χ2v) is 6.47. The molecule has 0 amide bonds. The maximum Gasteiger partial charge on any atom is 0.276 e. The summed E-state index contributed by atoms with van der Waals surface area (Å²) in [5.41, 5.74) is 0.922. The number of hydrogen-bond acceptors (Lipinski definition) is 4. The van der Waals surface area contributed by atoms with Gasteiger partial charge < -0.3 is 9.80 Å². The molecule has 9 heteroatoms. The summed E-state index contributed by atoms with van der Waals surface area (Å²) in [6, 6.07) is 3.57. The van der Waals surface area contributed by atoms with E-state index in [9.17, 15) is 10.1 Å². The minimum absolute atomic E-state index is 0.373. The first-order chi connectivity index (χ1) is 10.8. The number of halogens is 1. The fraction of sp³-hybridized carbons (Fsp3) is 0.571. The van der Waals surface area contributed by atoms with E-state index in [1.54, 1.807) is 12.3 Å². The van der Waals surface area contributed by atoms with Gasteiger partial charge in [-0.2, -0.15) is 0 Å². The van der Waals surface area contributed by atoms with Crippen molar-refractivity contribution in [1.82, 2.24) is 19.7 Å². The molecule has 0 bridgehead atoms. The van der Waals surface area contributed by atoms with Crippen LogP contribution in [-0.4, -0.2) is 57.6 Å². The van der Waals surface area contributed by atoms with Crippen LogP contribution in [0.3, 0.4) is 0 Å². The standard InChI is InChI=1S/C14H21ClN6O2/c1-11(2)7-19-9-18(3)10-20(14(19)17-21(22)23)8-12-4-5-13(15)16-6-12/h4-6,11H,7-10H2,1-3H3/b17-14+. The zero-order valence-electron chi connectivity index (χ0n) is 13.5. The Labute approximate surface area is 140 Å². The summed E-state index contributed by atoms with van der Waals surface area (Å²) in [6.45, 7) is 6.50. The average molecular weight is 341 g/mol. The molecule has 8 nitrogen and oxygen atoms in total. The van der Waals surface area contributed by atoms with Gasteiger partial charge in [0.25, 0.3) is 5.96 Å². The van der Waals surface area contributed by atoms with E-state index in [2.05, 4.69) is 28.8 Å². The predicted molar refractivity (Wildman–Crippen MR) is 88.3 cm³/mol. The molecule has 1 aromatic heterocycles. The number of hydrogen-bond donors (Lipinski definition) is 0. The first-order valence-electron chi connectivity index (χ1n) is 7.37. The lowest BCUT2D eigenvalue weighted by Crippen LogP contribution is -2.58. The predicted octanol–water partition coefficient (Wildman–Crippen LogP) is 1.90. The topological polar surface area (TPSA) is 78.1 Å². The summed E-state index contributed by atoms with van der Waals surface area (Å²) in [7, 11) is 1.98. The number of guanidine groups is 1. The Morgan fingerprint density at radius 3 is 2.65 bits per heavy atom. The highest BCUT2D eigenvalue weighted by molar-refractivity contribution is 6.29. The molecule has 2 heterocycles. The van der Waals surface area contributed by atoms with Crippen molar-refractivity contribution in [3.63, 3.8) is 0 Å². The average Bonchev–Trinajstić information content (AvgIpc) is 2.44. The molecule has 1 aromatic rings. The van der Waals surface area contributed by atoms with Gasteiger partial charge in [-0.25, -0.2) is 15.1 Å². The second kappa shape index (κ2) is 7.56. The first kappa shape index (κ1) is 17.4. The van der Waals surface area contributed by atoms with E-state index in [1.165, 1.54) is 0 Å². The van der Waals surface area contributed by atoms with Crippen molar-refractivity contribution in [1.29, 1.82) is 0 Å². The van der Waals surface area contributed by atoms with Gasteiger partial charge in [0.05, 0.1) is 13.3 Å². The molecule has 126 valence electrons. The molecule has 0 spiro atoms. The molecule has 1 aliphatic rings. The molecule has 1 saturated heterocycles. The van der Waals surface area contributed by atoms with E-state index in [4.69, 9.17) is 11.6 Å². The van der Waals surface area contributed by atoms with Crippen LogP contribution in [0.1, 0.15) is 19.4 Å². The zero-order chi connectivity index (χ0) is 17.0. The van der Waals surface area contributed by atoms with Crippen molar-refractivity contribution in [3.05, 3.63) is 39.2 Å². The lowest BCUT2D eigenvalue weighted by atomic mass is 10.2. The van der Waals surface area contributed by atoms with Crippen LogP contribution in [-0.2, 0) is 6.54 Å². The lowest BCUT2D eigenvalue weighted by molar-refractivity contribution is -0.486. The lowest BCUT2D eigenvalue weighted by Gasteiger charge is -2.42. The molecule has 23 heavy (non-hydrogen) atoms. The smallest absolute Gasteiger partial charge is 0.276 e. The number of nitro groups is 1. The van der Waals surface area contributed by atoms with Crippen LogP contribution < -0.4 is 0 Å². The third-order valence-electron chi connectivity index (χ3n) is 3.31. The highest BCUT2D eigenvalue weighted by Crippen LogP contribution is 2.16. The maximum atomic E-state index is 10.9. The molecule has 1 aliphatic heterocycles. The van der Waals surface area contributed by atoms with E-state index in [-0.39, 0.29) is 0 Å². The Morgan fingerprint density at radius 1 is 1.39 bits per heavy atom. The summed E-state index contributed by atoms with van der Waals surface area (Å²) in [5, 5.41) is 14.3. The number of rotatable bonds is 5. The summed E-state index contributed by atoms with van der Waals surface area (Å²) in [6.07, 6.45) is 1.67. The summed E-state index contributed by atoms with van der Waals surface area (Å²) >= 11 is 5.80.